The summed E-state index contributed by atoms with van der Waals surface area (Å²) in [5.74, 6) is 8.91. The summed E-state index contributed by atoms with van der Waals surface area (Å²) < 4.78 is 6.54. The maximum Gasteiger partial charge on any atom is 0.132 e. The standard InChI is InChI=1S/C50H38N2O/c51-52(43-29-17-27-41(35-43)49(37-19-5-1-6-20-37,38-21-7-2-8-22-38)39-23-9-3-10-24-39)44-30-18-28-42(36-44)50(40-25-11-4-12-26-40)45-31-13-15-33-47(45)53-48-34-16-14-32-46(48)50/h1-36H,51H2. The van der Waals surface area contributed by atoms with Crippen molar-refractivity contribution in [3.8, 4) is 11.5 Å². The Morgan fingerprint density at radius 2 is 0.774 bits per heavy atom. The minimum absolute atomic E-state index is 0.588. The number of nitrogens with zero attached hydrogens (tertiary/aromatic N) is 1. The number of anilines is 2. The molecule has 0 atom stereocenters. The maximum absolute atomic E-state index is 7.22. The second-order valence-corrected chi connectivity index (χ2v) is 13.5. The molecular formula is C50H38N2O. The first-order valence-corrected chi connectivity index (χ1v) is 18.1. The van der Waals surface area contributed by atoms with E-state index in [9.17, 15) is 0 Å². The highest BCUT2D eigenvalue weighted by atomic mass is 16.5. The lowest BCUT2D eigenvalue weighted by Crippen LogP contribution is -2.34. The topological polar surface area (TPSA) is 38.5 Å². The van der Waals surface area contributed by atoms with Crippen LogP contribution in [0, 0.1) is 0 Å². The van der Waals surface area contributed by atoms with Gasteiger partial charge in [0.2, 0.25) is 0 Å². The highest BCUT2D eigenvalue weighted by Gasteiger charge is 2.45. The Morgan fingerprint density at radius 3 is 1.30 bits per heavy atom. The summed E-state index contributed by atoms with van der Waals surface area (Å²) in [5, 5.41) is 1.81. The van der Waals surface area contributed by atoms with E-state index in [1.165, 1.54) is 16.7 Å². The molecule has 2 N–H and O–H groups in total. The van der Waals surface area contributed by atoms with Crippen molar-refractivity contribution in [2.75, 3.05) is 5.01 Å². The van der Waals surface area contributed by atoms with Gasteiger partial charge in [-0.15, -0.1) is 0 Å². The molecule has 0 unspecified atom stereocenters. The van der Waals surface area contributed by atoms with Gasteiger partial charge in [-0.25, -0.2) is 5.84 Å². The van der Waals surface area contributed by atoms with Gasteiger partial charge in [0.25, 0.3) is 0 Å². The van der Waals surface area contributed by atoms with Crippen molar-refractivity contribution in [3.05, 3.63) is 263 Å². The number of hydrogen-bond donors (Lipinski definition) is 1. The SMILES string of the molecule is NN(c1cccc(C(c2ccccc2)(c2ccccc2)c2ccccc2)c1)c1cccc(C2(c3ccccc3)c3ccccc3Oc3ccccc32)c1. The summed E-state index contributed by atoms with van der Waals surface area (Å²) >= 11 is 0. The number of hydrogen-bond acceptors (Lipinski definition) is 3. The number of nitrogens with two attached hydrogens (primary N) is 1. The Morgan fingerprint density at radius 1 is 0.377 bits per heavy atom. The first-order valence-electron chi connectivity index (χ1n) is 18.1. The van der Waals surface area contributed by atoms with Crippen LogP contribution in [0.25, 0.3) is 0 Å². The van der Waals surface area contributed by atoms with E-state index in [-0.39, 0.29) is 0 Å². The van der Waals surface area contributed by atoms with Crippen molar-refractivity contribution >= 4 is 11.4 Å². The van der Waals surface area contributed by atoms with Gasteiger partial charge in [0.1, 0.15) is 11.5 Å². The monoisotopic (exact) mass is 682 g/mol. The van der Waals surface area contributed by atoms with Gasteiger partial charge in [-0.2, -0.15) is 0 Å². The van der Waals surface area contributed by atoms with Gasteiger partial charge in [-0.1, -0.05) is 182 Å². The predicted octanol–water partition coefficient (Wildman–Crippen LogP) is 11.6. The molecule has 0 saturated heterocycles. The zero-order valence-corrected chi connectivity index (χ0v) is 29.2. The minimum Gasteiger partial charge on any atom is -0.457 e. The molecule has 0 fully saturated rings. The fourth-order valence-electron chi connectivity index (χ4n) is 8.46. The smallest absolute Gasteiger partial charge is 0.132 e. The number of benzene rings is 8. The van der Waals surface area contributed by atoms with Crippen LogP contribution in [0.15, 0.2) is 218 Å². The number of rotatable bonds is 8. The number of fused-ring (bicyclic) bond motifs is 2. The summed E-state index contributed by atoms with van der Waals surface area (Å²) in [6.07, 6.45) is 0. The predicted molar refractivity (Wildman–Crippen MR) is 216 cm³/mol. The van der Waals surface area contributed by atoms with Crippen LogP contribution in [-0.4, -0.2) is 0 Å². The van der Waals surface area contributed by atoms with E-state index in [1.54, 1.807) is 0 Å². The summed E-state index contributed by atoms with van der Waals surface area (Å²) in [4.78, 5) is 0. The highest BCUT2D eigenvalue weighted by molar-refractivity contribution is 5.73. The third kappa shape index (κ3) is 5.25. The number of para-hydroxylation sites is 2. The molecule has 254 valence electrons. The van der Waals surface area contributed by atoms with Crippen molar-refractivity contribution in [1.29, 1.82) is 0 Å². The van der Waals surface area contributed by atoms with Gasteiger partial charge >= 0.3 is 0 Å². The molecule has 1 aliphatic rings. The number of ether oxygens (including phenoxy) is 1. The zero-order chi connectivity index (χ0) is 35.7. The average Bonchev–Trinajstić information content (AvgIpc) is 3.24. The molecule has 0 saturated carbocycles. The third-order valence-corrected chi connectivity index (χ3v) is 10.7. The first kappa shape index (κ1) is 32.2. The normalized spacial score (nSPS) is 12.9. The summed E-state index contributed by atoms with van der Waals surface area (Å²) in [6, 6.07) is 77.1. The quantitative estimate of drug-likeness (QED) is 0.0985. The lowest BCUT2D eigenvalue weighted by Gasteiger charge is -2.41. The van der Waals surface area contributed by atoms with Crippen LogP contribution in [-0.2, 0) is 10.8 Å². The molecule has 8 aromatic rings. The van der Waals surface area contributed by atoms with Crippen LogP contribution < -0.4 is 15.6 Å². The van der Waals surface area contributed by atoms with Crippen molar-refractivity contribution < 1.29 is 4.74 Å². The Bertz CT molecular complexity index is 2360. The minimum atomic E-state index is -0.644. The van der Waals surface area contributed by atoms with Gasteiger partial charge in [0, 0.05) is 11.1 Å². The van der Waals surface area contributed by atoms with Crippen LogP contribution in [0.2, 0.25) is 0 Å². The van der Waals surface area contributed by atoms with Gasteiger partial charge in [-0.3, -0.25) is 5.01 Å². The fourth-order valence-corrected chi connectivity index (χ4v) is 8.46. The average molecular weight is 683 g/mol. The van der Waals surface area contributed by atoms with Crippen LogP contribution in [0.4, 0.5) is 11.4 Å². The molecule has 0 bridgehead atoms. The third-order valence-electron chi connectivity index (χ3n) is 10.7. The Balaban J connectivity index is 1.23. The van der Waals surface area contributed by atoms with Crippen molar-refractivity contribution in [2.24, 2.45) is 5.84 Å². The highest BCUT2D eigenvalue weighted by Crippen LogP contribution is 2.55. The van der Waals surface area contributed by atoms with Crippen LogP contribution in [0.5, 0.6) is 11.5 Å². The lowest BCUT2D eigenvalue weighted by molar-refractivity contribution is 0.434. The molecule has 0 spiro atoms. The Hall–Kier alpha value is -6.68. The van der Waals surface area contributed by atoms with Gasteiger partial charge in [0.05, 0.1) is 22.2 Å². The van der Waals surface area contributed by atoms with Gasteiger partial charge in [-0.05, 0) is 69.8 Å². The van der Waals surface area contributed by atoms with E-state index >= 15 is 0 Å². The van der Waals surface area contributed by atoms with Crippen molar-refractivity contribution in [3.63, 3.8) is 0 Å². The Labute approximate surface area is 311 Å². The molecule has 9 rings (SSSR count). The molecule has 8 aromatic carbocycles. The van der Waals surface area contributed by atoms with Gasteiger partial charge in [0.15, 0.2) is 0 Å². The second-order valence-electron chi connectivity index (χ2n) is 13.5. The Kier molecular flexibility index (Phi) is 8.19. The van der Waals surface area contributed by atoms with E-state index in [0.717, 1.165) is 50.7 Å². The van der Waals surface area contributed by atoms with E-state index in [1.807, 2.05) is 17.1 Å². The summed E-state index contributed by atoms with van der Waals surface area (Å²) in [7, 11) is 0. The van der Waals surface area contributed by atoms with Crippen LogP contribution >= 0.6 is 0 Å². The van der Waals surface area contributed by atoms with Crippen LogP contribution in [0.1, 0.15) is 44.5 Å². The molecule has 0 amide bonds. The largest absolute Gasteiger partial charge is 0.457 e. The van der Waals surface area contributed by atoms with Crippen LogP contribution in [0.3, 0.4) is 0 Å². The zero-order valence-electron chi connectivity index (χ0n) is 29.2. The first-order chi connectivity index (χ1) is 26.2. The molecule has 1 aliphatic heterocycles. The molecule has 0 aromatic heterocycles. The maximum atomic E-state index is 7.22. The van der Waals surface area contributed by atoms with Gasteiger partial charge < -0.3 is 4.74 Å². The molecule has 53 heavy (non-hydrogen) atoms. The number of hydrazine groups is 1. The van der Waals surface area contributed by atoms with E-state index < -0.39 is 10.8 Å². The van der Waals surface area contributed by atoms with E-state index in [4.69, 9.17) is 10.6 Å². The lowest BCUT2D eigenvalue weighted by atomic mass is 9.63. The molecule has 3 heteroatoms. The molecule has 0 aliphatic carbocycles. The van der Waals surface area contributed by atoms with Crippen molar-refractivity contribution in [1.82, 2.24) is 0 Å². The van der Waals surface area contributed by atoms with Crippen molar-refractivity contribution in [2.45, 2.75) is 10.8 Å². The molecule has 3 nitrogen and oxygen atoms in total. The molecular weight excluding hydrogens is 645 g/mol. The second kappa shape index (κ2) is 13.5. The fraction of sp³-hybridized carbons (Fsp3) is 0.0400. The summed E-state index contributed by atoms with van der Waals surface area (Å²) in [5.41, 5.74) is 9.63. The summed E-state index contributed by atoms with van der Waals surface area (Å²) in [6.45, 7) is 0. The molecule has 0 radical (unpaired) electrons. The van der Waals surface area contributed by atoms with E-state index in [0.29, 0.717) is 0 Å². The van der Waals surface area contributed by atoms with E-state index in [2.05, 4.69) is 206 Å². The molecule has 1 heterocycles.